The summed E-state index contributed by atoms with van der Waals surface area (Å²) in [6.45, 7) is 0. The van der Waals surface area contributed by atoms with Gasteiger partial charge in [0.25, 0.3) is 0 Å². The van der Waals surface area contributed by atoms with Gasteiger partial charge in [-0.15, -0.1) is 0 Å². The molecule has 0 saturated heterocycles. The van der Waals surface area contributed by atoms with Gasteiger partial charge in [-0.25, -0.2) is 4.98 Å². The van der Waals surface area contributed by atoms with Gasteiger partial charge < -0.3 is 0 Å². The number of hydrogen-bond donors (Lipinski definition) is 0. The highest BCUT2D eigenvalue weighted by Crippen LogP contribution is 2.34. The molecule has 0 amide bonds. The second-order valence-electron chi connectivity index (χ2n) is 3.02. The Morgan fingerprint density at radius 2 is 1.81 bits per heavy atom. The van der Waals surface area contributed by atoms with Crippen LogP contribution in [-0.4, -0.2) is 9.97 Å². The fourth-order valence-electron chi connectivity index (χ4n) is 1.22. The van der Waals surface area contributed by atoms with E-state index in [0.29, 0.717) is 0 Å². The van der Waals surface area contributed by atoms with Crippen LogP contribution in [0.3, 0.4) is 0 Å². The molecule has 2 aromatic rings. The van der Waals surface area contributed by atoms with Crippen molar-refractivity contribution >= 4 is 34.2 Å². The van der Waals surface area contributed by atoms with E-state index in [2.05, 4.69) is 9.97 Å². The lowest BCUT2D eigenvalue weighted by atomic mass is 10.2. The molecular formula is C9H3Cl2F3N2. The molecule has 0 aliphatic carbocycles. The van der Waals surface area contributed by atoms with E-state index in [4.69, 9.17) is 23.2 Å². The van der Waals surface area contributed by atoms with Crippen molar-refractivity contribution < 1.29 is 13.2 Å². The first kappa shape index (κ1) is 11.4. The molecule has 0 bridgehead atoms. The highest BCUT2D eigenvalue weighted by Gasteiger charge is 2.31. The van der Waals surface area contributed by atoms with Crippen molar-refractivity contribution in [1.29, 1.82) is 0 Å². The van der Waals surface area contributed by atoms with Gasteiger partial charge in [-0.3, -0.25) is 4.98 Å². The molecule has 0 spiro atoms. The van der Waals surface area contributed by atoms with E-state index in [-0.39, 0.29) is 21.2 Å². The van der Waals surface area contributed by atoms with E-state index in [0.717, 1.165) is 12.1 Å². The Balaban J connectivity index is 2.74. The van der Waals surface area contributed by atoms with E-state index in [1.807, 2.05) is 0 Å². The Morgan fingerprint density at radius 3 is 2.44 bits per heavy atom. The topological polar surface area (TPSA) is 25.8 Å². The largest absolute Gasteiger partial charge is 0.416 e. The van der Waals surface area contributed by atoms with Crippen molar-refractivity contribution in [3.8, 4) is 0 Å². The number of halogens is 5. The first-order valence-corrected chi connectivity index (χ1v) is 4.82. The van der Waals surface area contributed by atoms with Crippen LogP contribution in [0.15, 0.2) is 18.3 Å². The van der Waals surface area contributed by atoms with Crippen molar-refractivity contribution in [2.45, 2.75) is 6.18 Å². The number of aromatic nitrogens is 2. The van der Waals surface area contributed by atoms with Crippen molar-refractivity contribution in [2.75, 3.05) is 0 Å². The molecule has 1 aromatic carbocycles. The molecule has 7 heteroatoms. The molecule has 0 aliphatic heterocycles. The Labute approximate surface area is 98.0 Å². The zero-order valence-corrected chi connectivity index (χ0v) is 9.03. The Bertz CT molecular complexity index is 554. The van der Waals surface area contributed by atoms with E-state index >= 15 is 0 Å². The Hall–Kier alpha value is -1.07. The molecular weight excluding hydrogens is 264 g/mol. The fourth-order valence-corrected chi connectivity index (χ4v) is 1.61. The number of rotatable bonds is 0. The van der Waals surface area contributed by atoms with Crippen LogP contribution in [-0.2, 0) is 6.18 Å². The smallest absolute Gasteiger partial charge is 0.251 e. The standard InChI is InChI=1S/C9H3Cl2F3N2/c10-5-1-4(9(12,13)14)2-6-8(5)16-7(11)3-15-6/h1-3H. The average molecular weight is 267 g/mol. The molecule has 0 unspecified atom stereocenters. The molecule has 0 radical (unpaired) electrons. The minimum Gasteiger partial charge on any atom is -0.251 e. The zero-order chi connectivity index (χ0) is 11.9. The second-order valence-corrected chi connectivity index (χ2v) is 3.81. The van der Waals surface area contributed by atoms with Crippen LogP contribution in [0.4, 0.5) is 13.2 Å². The van der Waals surface area contributed by atoms with Crippen molar-refractivity contribution in [3.63, 3.8) is 0 Å². The van der Waals surface area contributed by atoms with Gasteiger partial charge in [-0.1, -0.05) is 23.2 Å². The molecule has 84 valence electrons. The SMILES string of the molecule is FC(F)(F)c1cc(Cl)c2nc(Cl)cnc2c1. The molecule has 0 N–H and O–H groups in total. The summed E-state index contributed by atoms with van der Waals surface area (Å²) >= 11 is 11.2. The molecule has 1 heterocycles. The predicted molar refractivity (Wildman–Crippen MR) is 54.6 cm³/mol. The van der Waals surface area contributed by atoms with Crippen LogP contribution >= 0.6 is 23.2 Å². The molecule has 0 aliphatic rings. The van der Waals surface area contributed by atoms with Crippen LogP contribution in [0.5, 0.6) is 0 Å². The third-order valence-corrected chi connectivity index (χ3v) is 2.37. The Kier molecular flexibility index (Phi) is 2.67. The van der Waals surface area contributed by atoms with Crippen LogP contribution in [0.1, 0.15) is 5.56 Å². The van der Waals surface area contributed by atoms with Gasteiger partial charge in [0.05, 0.1) is 22.3 Å². The van der Waals surface area contributed by atoms with Gasteiger partial charge in [-0.05, 0) is 12.1 Å². The lowest BCUT2D eigenvalue weighted by Crippen LogP contribution is -2.05. The number of nitrogens with zero attached hydrogens (tertiary/aromatic N) is 2. The van der Waals surface area contributed by atoms with Gasteiger partial charge in [-0.2, -0.15) is 13.2 Å². The summed E-state index contributed by atoms with van der Waals surface area (Å²) in [5, 5.41) is -0.0472. The highest BCUT2D eigenvalue weighted by molar-refractivity contribution is 6.35. The maximum Gasteiger partial charge on any atom is 0.416 e. The summed E-state index contributed by atoms with van der Waals surface area (Å²) in [6, 6.07) is 1.68. The maximum absolute atomic E-state index is 12.4. The molecule has 1 aromatic heterocycles. The lowest BCUT2D eigenvalue weighted by molar-refractivity contribution is -0.137. The first-order valence-electron chi connectivity index (χ1n) is 4.07. The van der Waals surface area contributed by atoms with Gasteiger partial charge in [0.15, 0.2) is 0 Å². The second kappa shape index (κ2) is 3.75. The molecule has 0 fully saturated rings. The third-order valence-electron chi connectivity index (χ3n) is 1.90. The molecule has 16 heavy (non-hydrogen) atoms. The van der Waals surface area contributed by atoms with Gasteiger partial charge in [0.1, 0.15) is 10.7 Å². The number of fused-ring (bicyclic) bond motifs is 1. The maximum atomic E-state index is 12.4. The van der Waals surface area contributed by atoms with Crippen LogP contribution in [0.25, 0.3) is 11.0 Å². The highest BCUT2D eigenvalue weighted by atomic mass is 35.5. The predicted octanol–water partition coefficient (Wildman–Crippen LogP) is 3.96. The van der Waals surface area contributed by atoms with Crippen molar-refractivity contribution in [3.05, 3.63) is 34.1 Å². The summed E-state index contributed by atoms with van der Waals surface area (Å²) in [6.07, 6.45) is -3.29. The third kappa shape index (κ3) is 2.05. The molecule has 0 atom stereocenters. The number of hydrogen-bond acceptors (Lipinski definition) is 2. The monoisotopic (exact) mass is 266 g/mol. The van der Waals surface area contributed by atoms with Crippen molar-refractivity contribution in [1.82, 2.24) is 9.97 Å². The van der Waals surface area contributed by atoms with Crippen LogP contribution in [0, 0.1) is 0 Å². The van der Waals surface area contributed by atoms with E-state index in [1.54, 1.807) is 0 Å². The van der Waals surface area contributed by atoms with Gasteiger partial charge in [0.2, 0.25) is 0 Å². The van der Waals surface area contributed by atoms with Crippen molar-refractivity contribution in [2.24, 2.45) is 0 Å². The summed E-state index contributed by atoms with van der Waals surface area (Å²) in [4.78, 5) is 7.54. The van der Waals surface area contributed by atoms with E-state index in [1.165, 1.54) is 6.20 Å². The van der Waals surface area contributed by atoms with Gasteiger partial charge >= 0.3 is 6.18 Å². The minimum absolute atomic E-state index is 0.0595. The molecule has 2 rings (SSSR count). The van der Waals surface area contributed by atoms with E-state index in [9.17, 15) is 13.2 Å². The Morgan fingerprint density at radius 1 is 1.12 bits per heavy atom. The fraction of sp³-hybridized carbons (Fsp3) is 0.111. The quantitative estimate of drug-likeness (QED) is 0.722. The first-order chi connectivity index (χ1) is 7.38. The minimum atomic E-state index is -4.46. The van der Waals surface area contributed by atoms with E-state index < -0.39 is 11.7 Å². The summed E-state index contributed by atoms with van der Waals surface area (Å²) in [5.74, 6) is 0. The summed E-state index contributed by atoms with van der Waals surface area (Å²) in [7, 11) is 0. The van der Waals surface area contributed by atoms with Gasteiger partial charge in [0, 0.05) is 0 Å². The average Bonchev–Trinajstić information content (AvgIpc) is 2.17. The van der Waals surface area contributed by atoms with Crippen LogP contribution in [0.2, 0.25) is 10.2 Å². The molecule has 2 nitrogen and oxygen atoms in total. The normalized spacial score (nSPS) is 12.1. The number of alkyl halides is 3. The summed E-state index contributed by atoms with van der Waals surface area (Å²) < 4.78 is 37.3. The zero-order valence-electron chi connectivity index (χ0n) is 7.52. The summed E-state index contributed by atoms with van der Waals surface area (Å²) in [5.41, 5.74) is -0.645. The van der Waals surface area contributed by atoms with Crippen LogP contribution < -0.4 is 0 Å². The number of benzene rings is 1. The molecule has 0 saturated carbocycles. The lowest BCUT2D eigenvalue weighted by Gasteiger charge is -2.08.